The molecule has 0 N–H and O–H groups in total. The Morgan fingerprint density at radius 1 is 1.35 bits per heavy atom. The van der Waals surface area contributed by atoms with Crippen LogP contribution in [0.15, 0.2) is 0 Å². The lowest BCUT2D eigenvalue weighted by atomic mass is 10.1. The molecule has 2 aliphatic heterocycles. The number of ether oxygens (including phenoxy) is 1. The molecule has 0 spiro atoms. The minimum absolute atomic E-state index is 0.110. The number of likely N-dealkylation sites (N-methyl/N-ethyl adjacent to an activating group) is 1. The first-order valence-electron chi connectivity index (χ1n) is 6.36. The molecule has 1 atom stereocenters. The lowest BCUT2D eigenvalue weighted by Gasteiger charge is -2.27. The van der Waals surface area contributed by atoms with E-state index in [4.69, 9.17) is 4.74 Å². The van der Waals surface area contributed by atoms with Crippen LogP contribution in [0.2, 0.25) is 0 Å². The van der Waals surface area contributed by atoms with E-state index in [2.05, 4.69) is 0 Å². The number of cyclic esters (lactones) is 1. The molecular weight excluding hydrogens is 220 g/mol. The molecule has 1 unspecified atom stereocenters. The van der Waals surface area contributed by atoms with Crippen LogP contribution < -0.4 is 0 Å². The molecule has 96 valence electrons. The smallest absolute Gasteiger partial charge is 0.409 e. The normalized spacial score (nSPS) is 25.0. The van der Waals surface area contributed by atoms with Crippen LogP contribution in [-0.2, 0) is 9.53 Å². The summed E-state index contributed by atoms with van der Waals surface area (Å²) in [5.41, 5.74) is 0. The average molecular weight is 240 g/mol. The van der Waals surface area contributed by atoms with E-state index in [-0.39, 0.29) is 18.1 Å². The minimum atomic E-state index is -0.277. The highest BCUT2D eigenvalue weighted by atomic mass is 16.6. The van der Waals surface area contributed by atoms with E-state index in [0.717, 1.165) is 25.9 Å². The topological polar surface area (TPSA) is 49.9 Å². The number of carbonyl (C=O) groups excluding carboxylic acids is 2. The average Bonchev–Trinajstić information content (AvgIpc) is 2.67. The summed E-state index contributed by atoms with van der Waals surface area (Å²) < 4.78 is 5.13. The minimum Gasteiger partial charge on any atom is -0.444 e. The van der Waals surface area contributed by atoms with Gasteiger partial charge in [-0.3, -0.25) is 4.79 Å². The Morgan fingerprint density at radius 3 is 2.65 bits per heavy atom. The highest BCUT2D eigenvalue weighted by molar-refractivity contribution is 5.76. The number of piperidine rings is 1. The molecule has 0 radical (unpaired) electrons. The van der Waals surface area contributed by atoms with Crippen LogP contribution in [0.4, 0.5) is 4.79 Å². The first-order valence-corrected chi connectivity index (χ1v) is 6.36. The predicted molar refractivity (Wildman–Crippen MR) is 62.6 cm³/mol. The van der Waals surface area contributed by atoms with Crippen molar-refractivity contribution in [2.75, 3.05) is 26.7 Å². The summed E-state index contributed by atoms with van der Waals surface area (Å²) in [5, 5.41) is 0. The van der Waals surface area contributed by atoms with Crippen molar-refractivity contribution in [3.8, 4) is 0 Å². The van der Waals surface area contributed by atoms with Gasteiger partial charge in [-0.25, -0.2) is 4.79 Å². The number of likely N-dealkylation sites (tertiary alicyclic amines) is 1. The van der Waals surface area contributed by atoms with Crippen LogP contribution in [-0.4, -0.2) is 54.6 Å². The van der Waals surface area contributed by atoms with Crippen molar-refractivity contribution in [2.24, 2.45) is 0 Å². The first-order chi connectivity index (χ1) is 8.16. The molecule has 0 bridgehead atoms. The van der Waals surface area contributed by atoms with E-state index in [1.54, 1.807) is 11.9 Å². The molecule has 0 saturated carbocycles. The second-order valence-corrected chi connectivity index (χ2v) is 4.87. The standard InChI is InChI=1S/C12H20N2O3/c1-13-9-10(17-12(13)16)5-6-11(15)14-7-3-2-4-8-14/h10H,2-9H2,1H3. The molecule has 5 heteroatoms. The fraction of sp³-hybridized carbons (Fsp3) is 0.833. The number of carbonyl (C=O) groups is 2. The number of amides is 2. The zero-order chi connectivity index (χ0) is 12.3. The van der Waals surface area contributed by atoms with Gasteiger partial charge < -0.3 is 14.5 Å². The summed E-state index contributed by atoms with van der Waals surface area (Å²) in [6.07, 6.45) is 4.22. The van der Waals surface area contributed by atoms with E-state index in [1.807, 2.05) is 4.90 Å². The second kappa shape index (κ2) is 5.38. The Hall–Kier alpha value is -1.26. The van der Waals surface area contributed by atoms with Crippen LogP contribution in [0.5, 0.6) is 0 Å². The maximum atomic E-state index is 11.9. The SMILES string of the molecule is CN1CC(CCC(=O)N2CCCCC2)OC1=O. The maximum absolute atomic E-state index is 11.9. The molecule has 2 heterocycles. The summed E-state index contributed by atoms with van der Waals surface area (Å²) in [6.45, 7) is 2.39. The number of hydrogen-bond donors (Lipinski definition) is 0. The Labute approximate surface area is 102 Å². The fourth-order valence-electron chi connectivity index (χ4n) is 2.39. The molecule has 2 saturated heterocycles. The highest BCUT2D eigenvalue weighted by Crippen LogP contribution is 2.16. The van der Waals surface area contributed by atoms with Crippen LogP contribution in [0.1, 0.15) is 32.1 Å². The Morgan fingerprint density at radius 2 is 2.06 bits per heavy atom. The zero-order valence-corrected chi connectivity index (χ0v) is 10.4. The van der Waals surface area contributed by atoms with Crippen molar-refractivity contribution in [2.45, 2.75) is 38.2 Å². The van der Waals surface area contributed by atoms with Gasteiger partial charge in [-0.2, -0.15) is 0 Å². The number of rotatable bonds is 3. The largest absolute Gasteiger partial charge is 0.444 e. The molecular formula is C12H20N2O3. The van der Waals surface area contributed by atoms with Gasteiger partial charge in [0.2, 0.25) is 5.91 Å². The third kappa shape index (κ3) is 3.11. The van der Waals surface area contributed by atoms with Gasteiger partial charge in [0.1, 0.15) is 6.10 Å². The van der Waals surface area contributed by atoms with Crippen LogP contribution >= 0.6 is 0 Å². The van der Waals surface area contributed by atoms with Crippen LogP contribution in [0.25, 0.3) is 0 Å². The molecule has 0 aromatic heterocycles. The van der Waals surface area contributed by atoms with Gasteiger partial charge in [-0.1, -0.05) is 0 Å². The highest BCUT2D eigenvalue weighted by Gasteiger charge is 2.29. The monoisotopic (exact) mass is 240 g/mol. The third-order valence-electron chi connectivity index (χ3n) is 3.45. The van der Waals surface area contributed by atoms with E-state index >= 15 is 0 Å². The molecule has 0 aromatic carbocycles. The quantitative estimate of drug-likeness (QED) is 0.745. The summed E-state index contributed by atoms with van der Waals surface area (Å²) in [6, 6.07) is 0. The van der Waals surface area contributed by atoms with Gasteiger partial charge in [-0.05, 0) is 25.7 Å². The van der Waals surface area contributed by atoms with Crippen molar-refractivity contribution in [1.82, 2.24) is 9.80 Å². The Bertz CT molecular complexity index is 300. The van der Waals surface area contributed by atoms with Crippen molar-refractivity contribution in [3.63, 3.8) is 0 Å². The molecule has 2 rings (SSSR count). The van der Waals surface area contributed by atoms with Crippen molar-refractivity contribution >= 4 is 12.0 Å². The van der Waals surface area contributed by atoms with Crippen molar-refractivity contribution in [1.29, 1.82) is 0 Å². The van der Waals surface area contributed by atoms with Gasteiger partial charge in [0.15, 0.2) is 0 Å². The molecule has 2 aliphatic rings. The maximum Gasteiger partial charge on any atom is 0.409 e. The lowest BCUT2D eigenvalue weighted by Crippen LogP contribution is -2.36. The Balaban J connectivity index is 1.71. The molecule has 2 fully saturated rings. The number of hydrogen-bond acceptors (Lipinski definition) is 3. The summed E-state index contributed by atoms with van der Waals surface area (Å²) >= 11 is 0. The Kier molecular flexibility index (Phi) is 3.86. The van der Waals surface area contributed by atoms with Crippen molar-refractivity contribution in [3.05, 3.63) is 0 Å². The van der Waals surface area contributed by atoms with Gasteiger partial charge in [0, 0.05) is 26.6 Å². The number of nitrogens with zero attached hydrogens (tertiary/aromatic N) is 2. The summed E-state index contributed by atoms with van der Waals surface area (Å²) in [7, 11) is 1.72. The third-order valence-corrected chi connectivity index (χ3v) is 3.45. The second-order valence-electron chi connectivity index (χ2n) is 4.87. The molecule has 2 amide bonds. The predicted octanol–water partition coefficient (Wildman–Crippen LogP) is 1.23. The molecule has 5 nitrogen and oxygen atoms in total. The zero-order valence-electron chi connectivity index (χ0n) is 10.4. The van der Waals surface area contributed by atoms with E-state index in [1.165, 1.54) is 6.42 Å². The van der Waals surface area contributed by atoms with Crippen LogP contribution in [0.3, 0.4) is 0 Å². The van der Waals surface area contributed by atoms with Gasteiger partial charge in [0.05, 0.1) is 6.54 Å². The molecule has 17 heavy (non-hydrogen) atoms. The molecule has 0 aromatic rings. The summed E-state index contributed by atoms with van der Waals surface area (Å²) in [5.74, 6) is 0.204. The van der Waals surface area contributed by atoms with Gasteiger partial charge in [-0.15, -0.1) is 0 Å². The van der Waals surface area contributed by atoms with E-state index in [0.29, 0.717) is 19.4 Å². The van der Waals surface area contributed by atoms with E-state index < -0.39 is 0 Å². The first kappa shape index (κ1) is 12.2. The van der Waals surface area contributed by atoms with Crippen LogP contribution in [0, 0.1) is 0 Å². The van der Waals surface area contributed by atoms with E-state index in [9.17, 15) is 9.59 Å². The van der Waals surface area contributed by atoms with Gasteiger partial charge >= 0.3 is 6.09 Å². The van der Waals surface area contributed by atoms with Gasteiger partial charge in [0.25, 0.3) is 0 Å². The van der Waals surface area contributed by atoms with Crippen molar-refractivity contribution < 1.29 is 14.3 Å². The molecule has 0 aliphatic carbocycles. The fourth-order valence-corrected chi connectivity index (χ4v) is 2.39. The summed E-state index contributed by atoms with van der Waals surface area (Å²) in [4.78, 5) is 26.5. The lowest BCUT2D eigenvalue weighted by molar-refractivity contribution is -0.132.